The second-order valence-electron chi connectivity index (χ2n) is 6.69. The number of nitrogens with one attached hydrogen (secondary N) is 1. The Hall–Kier alpha value is -1.36. The molecule has 1 unspecified atom stereocenters. The summed E-state index contributed by atoms with van der Waals surface area (Å²) in [4.78, 5) is 26.0. The first-order valence-electron chi connectivity index (χ1n) is 8.67. The van der Waals surface area contributed by atoms with Crippen molar-refractivity contribution < 1.29 is 14.3 Å². The lowest BCUT2D eigenvalue weighted by Crippen LogP contribution is -2.21. The standard InChI is InChI=1S/C18H25NO3S/c1-3-11-8-9-13-14(10-11)23-17(15(13)18(21)22-2)19-16(20)12-6-4-5-7-12/h11-12H,3-10H2,1-2H3,(H,19,20). The molecule has 1 atom stereocenters. The highest BCUT2D eigenvalue weighted by molar-refractivity contribution is 7.17. The van der Waals surface area contributed by atoms with Gasteiger partial charge in [0.25, 0.3) is 0 Å². The maximum Gasteiger partial charge on any atom is 0.341 e. The molecular formula is C18H25NO3S. The lowest BCUT2D eigenvalue weighted by Gasteiger charge is -2.20. The van der Waals surface area contributed by atoms with E-state index in [9.17, 15) is 9.59 Å². The Kier molecular flexibility index (Phi) is 5.05. The van der Waals surface area contributed by atoms with Gasteiger partial charge in [-0.2, -0.15) is 0 Å². The number of fused-ring (bicyclic) bond motifs is 1. The first-order valence-corrected chi connectivity index (χ1v) is 9.49. The molecule has 0 aliphatic heterocycles. The van der Waals surface area contributed by atoms with Gasteiger partial charge < -0.3 is 10.1 Å². The van der Waals surface area contributed by atoms with E-state index in [1.807, 2.05) is 0 Å². The van der Waals surface area contributed by atoms with Crippen LogP contribution in [0.25, 0.3) is 0 Å². The number of amides is 1. The lowest BCUT2D eigenvalue weighted by atomic mass is 9.85. The molecule has 0 spiro atoms. The van der Waals surface area contributed by atoms with E-state index in [4.69, 9.17) is 4.74 Å². The van der Waals surface area contributed by atoms with Crippen LogP contribution < -0.4 is 5.32 Å². The zero-order valence-corrected chi connectivity index (χ0v) is 14.8. The molecule has 1 amide bonds. The number of esters is 1. The molecule has 0 aromatic carbocycles. The van der Waals surface area contributed by atoms with Crippen molar-refractivity contribution in [1.29, 1.82) is 0 Å². The van der Waals surface area contributed by atoms with Crippen molar-refractivity contribution in [3.63, 3.8) is 0 Å². The summed E-state index contributed by atoms with van der Waals surface area (Å²) in [6.07, 6.45) is 8.37. The quantitative estimate of drug-likeness (QED) is 0.840. The SMILES string of the molecule is CCC1CCc2c(sc(NC(=O)C3CCCC3)c2C(=O)OC)C1. The Bertz CT molecular complexity index is 602. The van der Waals surface area contributed by atoms with Crippen LogP contribution in [-0.4, -0.2) is 19.0 Å². The topological polar surface area (TPSA) is 55.4 Å². The minimum Gasteiger partial charge on any atom is -0.465 e. The van der Waals surface area contributed by atoms with E-state index in [1.54, 1.807) is 11.3 Å². The smallest absolute Gasteiger partial charge is 0.341 e. The highest BCUT2D eigenvalue weighted by atomic mass is 32.1. The van der Waals surface area contributed by atoms with Crippen molar-refractivity contribution in [3.05, 3.63) is 16.0 Å². The van der Waals surface area contributed by atoms with Crippen LogP contribution in [-0.2, 0) is 22.4 Å². The molecule has 126 valence electrons. The van der Waals surface area contributed by atoms with E-state index in [2.05, 4.69) is 12.2 Å². The molecule has 1 fully saturated rings. The van der Waals surface area contributed by atoms with Gasteiger partial charge in [-0.25, -0.2) is 4.79 Å². The zero-order valence-electron chi connectivity index (χ0n) is 13.9. The fourth-order valence-electron chi connectivity index (χ4n) is 3.81. The van der Waals surface area contributed by atoms with Gasteiger partial charge in [-0.05, 0) is 43.6 Å². The van der Waals surface area contributed by atoms with Gasteiger partial charge in [0.1, 0.15) is 5.00 Å². The summed E-state index contributed by atoms with van der Waals surface area (Å²) in [5.41, 5.74) is 1.71. The molecule has 1 saturated carbocycles. The molecule has 1 heterocycles. The first-order chi connectivity index (χ1) is 11.1. The van der Waals surface area contributed by atoms with Crippen molar-refractivity contribution >= 4 is 28.2 Å². The average Bonchev–Trinajstić information content (AvgIpc) is 3.20. The third kappa shape index (κ3) is 3.30. The second-order valence-corrected chi connectivity index (χ2v) is 7.79. The van der Waals surface area contributed by atoms with Crippen LogP contribution in [0, 0.1) is 11.8 Å². The van der Waals surface area contributed by atoms with Crippen molar-refractivity contribution in [3.8, 4) is 0 Å². The third-order valence-corrected chi connectivity index (χ3v) is 6.47. The molecule has 3 rings (SSSR count). The monoisotopic (exact) mass is 335 g/mol. The van der Waals surface area contributed by atoms with Crippen molar-refractivity contribution in [2.24, 2.45) is 11.8 Å². The largest absolute Gasteiger partial charge is 0.465 e. The van der Waals surface area contributed by atoms with Crippen molar-refractivity contribution in [1.82, 2.24) is 0 Å². The van der Waals surface area contributed by atoms with Crippen molar-refractivity contribution in [2.45, 2.75) is 58.3 Å². The van der Waals surface area contributed by atoms with Crippen LogP contribution in [0.2, 0.25) is 0 Å². The molecule has 23 heavy (non-hydrogen) atoms. The van der Waals surface area contributed by atoms with Crippen LogP contribution >= 0.6 is 11.3 Å². The number of carbonyl (C=O) groups is 2. The maximum atomic E-state index is 12.5. The number of carbonyl (C=O) groups excluding carboxylic acids is 2. The van der Waals surface area contributed by atoms with Gasteiger partial charge in [0.15, 0.2) is 0 Å². The van der Waals surface area contributed by atoms with E-state index in [-0.39, 0.29) is 17.8 Å². The predicted octanol–water partition coefficient (Wildman–Crippen LogP) is 4.18. The fraction of sp³-hybridized carbons (Fsp3) is 0.667. The van der Waals surface area contributed by atoms with E-state index in [0.29, 0.717) is 16.5 Å². The minimum absolute atomic E-state index is 0.0679. The van der Waals surface area contributed by atoms with Crippen molar-refractivity contribution in [2.75, 3.05) is 12.4 Å². The number of hydrogen-bond donors (Lipinski definition) is 1. The molecule has 1 aromatic heterocycles. The number of thiophene rings is 1. The molecular weight excluding hydrogens is 310 g/mol. The van der Waals surface area contributed by atoms with E-state index in [1.165, 1.54) is 12.0 Å². The Balaban J connectivity index is 1.87. The van der Waals surface area contributed by atoms with Gasteiger partial charge in [0.05, 0.1) is 12.7 Å². The summed E-state index contributed by atoms with van der Waals surface area (Å²) in [7, 11) is 1.41. The van der Waals surface area contributed by atoms with E-state index < -0.39 is 0 Å². The van der Waals surface area contributed by atoms with Gasteiger partial charge in [-0.1, -0.05) is 26.2 Å². The number of rotatable bonds is 4. The molecule has 1 aromatic rings. The number of methoxy groups -OCH3 is 1. The molecule has 0 saturated heterocycles. The summed E-state index contributed by atoms with van der Waals surface area (Å²) in [5, 5.41) is 3.74. The molecule has 2 aliphatic rings. The normalized spacial score (nSPS) is 21.0. The highest BCUT2D eigenvalue weighted by Gasteiger charge is 2.31. The molecule has 1 N–H and O–H groups in total. The highest BCUT2D eigenvalue weighted by Crippen LogP contribution is 2.41. The average molecular weight is 335 g/mol. The van der Waals surface area contributed by atoms with Crippen LogP contribution in [0.5, 0.6) is 0 Å². The van der Waals surface area contributed by atoms with Gasteiger partial charge >= 0.3 is 5.97 Å². The van der Waals surface area contributed by atoms with E-state index >= 15 is 0 Å². The lowest BCUT2D eigenvalue weighted by molar-refractivity contribution is -0.119. The Morgan fingerprint density at radius 2 is 2.00 bits per heavy atom. The molecule has 4 nitrogen and oxygen atoms in total. The summed E-state index contributed by atoms with van der Waals surface area (Å²) in [6.45, 7) is 2.22. The Labute approximate surface area is 141 Å². The molecule has 0 bridgehead atoms. The first kappa shape index (κ1) is 16.5. The van der Waals surface area contributed by atoms with Gasteiger partial charge in [0.2, 0.25) is 5.91 Å². The van der Waals surface area contributed by atoms with Crippen LogP contribution in [0.15, 0.2) is 0 Å². The summed E-state index contributed by atoms with van der Waals surface area (Å²) < 4.78 is 4.98. The number of hydrogen-bond acceptors (Lipinski definition) is 4. The second kappa shape index (κ2) is 7.04. The maximum absolute atomic E-state index is 12.5. The summed E-state index contributed by atoms with van der Waals surface area (Å²) >= 11 is 1.58. The van der Waals surface area contributed by atoms with Gasteiger partial charge in [-0.15, -0.1) is 11.3 Å². The number of ether oxygens (including phenoxy) is 1. The van der Waals surface area contributed by atoms with Gasteiger partial charge in [-0.3, -0.25) is 4.79 Å². The third-order valence-electron chi connectivity index (χ3n) is 5.30. The van der Waals surface area contributed by atoms with Crippen LogP contribution in [0.3, 0.4) is 0 Å². The Morgan fingerprint density at radius 3 is 2.65 bits per heavy atom. The van der Waals surface area contributed by atoms with E-state index in [0.717, 1.165) is 56.9 Å². The Morgan fingerprint density at radius 1 is 1.26 bits per heavy atom. The zero-order chi connectivity index (χ0) is 16.4. The molecule has 0 radical (unpaired) electrons. The molecule has 5 heteroatoms. The summed E-state index contributed by atoms with van der Waals surface area (Å²) in [6, 6.07) is 0. The fourth-order valence-corrected chi connectivity index (χ4v) is 5.16. The van der Waals surface area contributed by atoms with Crippen LogP contribution in [0.4, 0.5) is 5.00 Å². The predicted molar refractivity (Wildman–Crippen MR) is 92.1 cm³/mol. The number of anilines is 1. The minimum atomic E-state index is -0.320. The summed E-state index contributed by atoms with van der Waals surface area (Å²) in [5.74, 6) is 0.533. The van der Waals surface area contributed by atoms with Gasteiger partial charge in [0, 0.05) is 10.8 Å². The molecule has 2 aliphatic carbocycles. The van der Waals surface area contributed by atoms with Crippen LogP contribution in [0.1, 0.15) is 66.2 Å².